The third-order valence-corrected chi connectivity index (χ3v) is 8.72. The lowest BCUT2D eigenvalue weighted by atomic mass is 9.71. The van der Waals surface area contributed by atoms with Crippen LogP contribution in [0.5, 0.6) is 0 Å². The molecule has 2 rings (SSSR count). The van der Waals surface area contributed by atoms with E-state index in [1.54, 1.807) is 0 Å². The lowest BCUT2D eigenvalue weighted by molar-refractivity contribution is 0.0564. The molecule has 1 N–H and O–H groups in total. The van der Waals surface area contributed by atoms with Crippen molar-refractivity contribution >= 4 is 17.7 Å². The Morgan fingerprint density at radius 3 is 2.37 bits per heavy atom. The number of aryl methyl sites for hydroxylation is 1. The largest absolute Gasteiger partial charge is 0.465 e. The molecule has 3 nitrogen and oxygen atoms in total. The molecule has 1 aromatic rings. The summed E-state index contributed by atoms with van der Waals surface area (Å²) < 4.78 is 4.92. The van der Waals surface area contributed by atoms with Gasteiger partial charge in [0.2, 0.25) is 0 Å². The van der Waals surface area contributed by atoms with Crippen LogP contribution >= 0.6 is 11.8 Å². The van der Waals surface area contributed by atoms with Crippen molar-refractivity contribution in [1.82, 2.24) is 0 Å². The molecule has 0 aliphatic carbocycles. The smallest absolute Gasteiger partial charge is 0.338 e. The van der Waals surface area contributed by atoms with E-state index in [-0.39, 0.29) is 22.9 Å². The average molecular weight is 433 g/mol. The van der Waals surface area contributed by atoms with Crippen LogP contribution in [-0.2, 0) is 10.2 Å². The predicted molar refractivity (Wildman–Crippen MR) is 128 cm³/mol. The number of ether oxygens (including phenoxy) is 1. The highest BCUT2D eigenvalue weighted by Crippen LogP contribution is 2.52. The number of allylic oxidation sites excluding steroid dienone is 2. The van der Waals surface area contributed by atoms with Crippen LogP contribution in [-0.4, -0.2) is 29.5 Å². The fourth-order valence-electron chi connectivity index (χ4n) is 4.60. The predicted octanol–water partition coefficient (Wildman–Crippen LogP) is 6.81. The first-order valence-corrected chi connectivity index (χ1v) is 12.1. The highest BCUT2D eigenvalue weighted by Gasteiger charge is 2.41. The molecule has 1 aliphatic rings. The van der Waals surface area contributed by atoms with Crippen molar-refractivity contribution in [2.45, 2.75) is 97.3 Å². The van der Waals surface area contributed by atoms with E-state index in [4.69, 9.17) is 4.74 Å². The summed E-state index contributed by atoms with van der Waals surface area (Å²) in [6.45, 7) is 15.1. The van der Waals surface area contributed by atoms with Gasteiger partial charge in [-0.3, -0.25) is 0 Å². The van der Waals surface area contributed by atoms with E-state index in [1.165, 1.54) is 23.2 Å². The Kier molecular flexibility index (Phi) is 8.26. The molecule has 1 aromatic carbocycles. The second-order valence-corrected chi connectivity index (χ2v) is 11.1. The summed E-state index contributed by atoms with van der Waals surface area (Å²) in [4.78, 5) is 13.5. The van der Waals surface area contributed by atoms with Crippen molar-refractivity contribution in [3.63, 3.8) is 0 Å². The first-order valence-electron chi connectivity index (χ1n) is 11.2. The van der Waals surface area contributed by atoms with Crippen molar-refractivity contribution in [3.05, 3.63) is 45.4 Å². The van der Waals surface area contributed by atoms with Gasteiger partial charge in [-0.2, -0.15) is 0 Å². The molecular weight excluding hydrogens is 392 g/mol. The van der Waals surface area contributed by atoms with Gasteiger partial charge in [0.1, 0.15) is 0 Å². The Morgan fingerprint density at radius 2 is 1.87 bits per heavy atom. The van der Waals surface area contributed by atoms with Gasteiger partial charge < -0.3 is 9.84 Å². The van der Waals surface area contributed by atoms with E-state index in [0.717, 1.165) is 37.7 Å². The zero-order valence-corrected chi connectivity index (χ0v) is 20.9. The number of thioether (sulfide) groups is 1. The molecule has 0 amide bonds. The summed E-state index contributed by atoms with van der Waals surface area (Å²) in [6.07, 6.45) is 4.69. The molecule has 0 radical (unpaired) electrons. The molecule has 4 heteroatoms. The first-order chi connectivity index (χ1) is 14.0. The van der Waals surface area contributed by atoms with E-state index >= 15 is 0 Å². The minimum atomic E-state index is -0.284. The second kappa shape index (κ2) is 9.91. The van der Waals surface area contributed by atoms with E-state index in [0.29, 0.717) is 10.8 Å². The van der Waals surface area contributed by atoms with Gasteiger partial charge in [-0.1, -0.05) is 52.3 Å². The summed E-state index contributed by atoms with van der Waals surface area (Å²) in [5, 5.41) is 11.0. The lowest BCUT2D eigenvalue weighted by Crippen LogP contribution is -2.36. The van der Waals surface area contributed by atoms with Gasteiger partial charge >= 0.3 is 5.97 Å². The number of benzene rings is 1. The number of rotatable bonds is 8. The van der Waals surface area contributed by atoms with Crippen LogP contribution in [0.2, 0.25) is 0 Å². The zero-order chi connectivity index (χ0) is 22.7. The van der Waals surface area contributed by atoms with Gasteiger partial charge in [-0.15, -0.1) is 11.8 Å². The highest BCUT2D eigenvalue weighted by atomic mass is 32.2. The monoisotopic (exact) mass is 432 g/mol. The number of aliphatic hydroxyl groups excluding tert-OH is 1. The van der Waals surface area contributed by atoms with Crippen LogP contribution in [0.1, 0.15) is 95.1 Å². The molecule has 1 aliphatic heterocycles. The number of hydrogen-bond acceptors (Lipinski definition) is 4. The standard InChI is InChI=1S/C26H40O3S/c1-9-26(10-2,19-11-12-20(17(3)15-19)24(28)29-8)23-16-18(4)21(30-23)13-14-22(27)25(5,6)7/h11-12,15,22-23,27H,9-10,13-14,16H2,1-8H3. The lowest BCUT2D eigenvalue weighted by Gasteiger charge is -2.39. The zero-order valence-electron chi connectivity index (χ0n) is 20.1. The average Bonchev–Trinajstić information content (AvgIpc) is 3.07. The molecule has 0 bridgehead atoms. The van der Waals surface area contributed by atoms with Crippen LogP contribution in [0, 0.1) is 12.3 Å². The van der Waals surface area contributed by atoms with Crippen LogP contribution in [0.4, 0.5) is 0 Å². The Hall–Kier alpha value is -1.26. The maximum atomic E-state index is 12.0. The van der Waals surface area contributed by atoms with Gasteiger partial charge in [0.25, 0.3) is 0 Å². The Bertz CT molecular complexity index is 784. The molecule has 1 heterocycles. The van der Waals surface area contributed by atoms with Gasteiger partial charge in [0.05, 0.1) is 18.8 Å². The summed E-state index contributed by atoms with van der Waals surface area (Å²) in [7, 11) is 1.43. The number of carbonyl (C=O) groups is 1. The molecule has 2 unspecified atom stereocenters. The third kappa shape index (κ3) is 5.13. The Labute approximate surface area is 187 Å². The van der Waals surface area contributed by atoms with Gasteiger partial charge in [-0.25, -0.2) is 4.79 Å². The maximum Gasteiger partial charge on any atom is 0.338 e. The molecule has 30 heavy (non-hydrogen) atoms. The molecule has 0 fully saturated rings. The number of methoxy groups -OCH3 is 1. The van der Waals surface area contributed by atoms with Crippen LogP contribution in [0.25, 0.3) is 0 Å². The van der Waals surface area contributed by atoms with Gasteiger partial charge in [0.15, 0.2) is 0 Å². The van der Waals surface area contributed by atoms with Crippen molar-refractivity contribution in [3.8, 4) is 0 Å². The SMILES string of the molecule is CCC(CC)(c1ccc(C(=O)OC)c(C)c1)C1CC(C)=C(CCC(O)C(C)(C)C)S1. The fourth-order valence-corrected chi connectivity index (χ4v) is 6.49. The maximum absolute atomic E-state index is 12.0. The molecule has 2 atom stereocenters. The summed E-state index contributed by atoms with van der Waals surface area (Å²) >= 11 is 2.02. The number of esters is 1. The highest BCUT2D eigenvalue weighted by molar-refractivity contribution is 8.04. The topological polar surface area (TPSA) is 46.5 Å². The van der Waals surface area contributed by atoms with Crippen molar-refractivity contribution in [2.24, 2.45) is 5.41 Å². The number of aliphatic hydroxyl groups is 1. The molecule has 0 saturated heterocycles. The Morgan fingerprint density at radius 1 is 1.23 bits per heavy atom. The fraction of sp³-hybridized carbons (Fsp3) is 0.654. The third-order valence-electron chi connectivity index (χ3n) is 6.98. The first kappa shape index (κ1) is 25.0. The quantitative estimate of drug-likeness (QED) is 0.459. The van der Waals surface area contributed by atoms with Crippen molar-refractivity contribution < 1.29 is 14.6 Å². The van der Waals surface area contributed by atoms with E-state index in [1.807, 2.05) is 24.8 Å². The van der Waals surface area contributed by atoms with E-state index in [2.05, 4.69) is 53.7 Å². The van der Waals surface area contributed by atoms with E-state index < -0.39 is 0 Å². The van der Waals surface area contributed by atoms with Crippen LogP contribution in [0.3, 0.4) is 0 Å². The van der Waals surface area contributed by atoms with Crippen LogP contribution in [0.15, 0.2) is 28.7 Å². The molecule has 0 saturated carbocycles. The summed E-state index contributed by atoms with van der Waals surface area (Å²) in [5.41, 5.74) is 4.40. The number of carbonyl (C=O) groups excluding carboxylic acids is 1. The van der Waals surface area contributed by atoms with Gasteiger partial charge in [-0.05, 0) is 73.5 Å². The van der Waals surface area contributed by atoms with Crippen molar-refractivity contribution in [1.29, 1.82) is 0 Å². The van der Waals surface area contributed by atoms with Crippen molar-refractivity contribution in [2.75, 3.05) is 7.11 Å². The summed E-state index contributed by atoms with van der Waals surface area (Å²) in [5.74, 6) is -0.273. The molecule has 168 valence electrons. The normalized spacial score (nSPS) is 18.6. The molecule has 0 aromatic heterocycles. The minimum Gasteiger partial charge on any atom is -0.465 e. The molecular formula is C26H40O3S. The molecule has 0 spiro atoms. The second-order valence-electron chi connectivity index (χ2n) is 9.82. The van der Waals surface area contributed by atoms with Gasteiger partial charge in [0, 0.05) is 10.7 Å². The van der Waals surface area contributed by atoms with Crippen LogP contribution < -0.4 is 0 Å². The van der Waals surface area contributed by atoms with E-state index in [9.17, 15) is 9.90 Å². The summed E-state index contributed by atoms with van der Waals surface area (Å²) in [6, 6.07) is 6.25. The number of hydrogen-bond donors (Lipinski definition) is 1. The Balaban J connectivity index is 2.25. The minimum absolute atomic E-state index is 0.0652.